The van der Waals surface area contributed by atoms with Crippen LogP contribution in [0, 0.1) is 5.92 Å². The fraction of sp³-hybridized carbons (Fsp3) is 0.500. The molecule has 0 spiro atoms. The first-order chi connectivity index (χ1) is 8.75. The van der Waals surface area contributed by atoms with Crippen molar-refractivity contribution in [1.29, 1.82) is 0 Å². The smallest absolute Gasteiger partial charge is 0.227 e. The molecule has 2 aliphatic rings. The van der Waals surface area contributed by atoms with Crippen molar-refractivity contribution >= 4 is 34.2 Å². The predicted molar refractivity (Wildman–Crippen MR) is 81.5 cm³/mol. The molecule has 0 aromatic heterocycles. The van der Waals surface area contributed by atoms with Crippen LogP contribution < -0.4 is 5.32 Å². The second kappa shape index (κ2) is 6.25. The summed E-state index contributed by atoms with van der Waals surface area (Å²) in [5.74, 6) is 0.518. The van der Waals surface area contributed by atoms with Gasteiger partial charge in [0.25, 0.3) is 0 Å². The number of halogens is 2. The predicted octanol–water partition coefficient (Wildman–Crippen LogP) is 2.37. The summed E-state index contributed by atoms with van der Waals surface area (Å²) in [5, 5.41) is 3.27. The van der Waals surface area contributed by atoms with Gasteiger partial charge in [-0.1, -0.05) is 28.1 Å². The molecule has 1 N–H and O–H groups in total. The molecule has 1 atom stereocenters. The van der Waals surface area contributed by atoms with Crippen molar-refractivity contribution in [3.8, 4) is 0 Å². The molecule has 0 saturated carbocycles. The topological polar surface area (TPSA) is 32.3 Å². The fourth-order valence-corrected chi connectivity index (χ4v) is 3.48. The highest BCUT2D eigenvalue weighted by atomic mass is 79.9. The maximum atomic E-state index is 12.4. The second-order valence-corrected chi connectivity index (χ2v) is 5.93. The number of fused-ring (bicyclic) bond motifs is 1. The van der Waals surface area contributed by atoms with Gasteiger partial charge >= 0.3 is 0 Å². The van der Waals surface area contributed by atoms with E-state index in [4.69, 9.17) is 0 Å². The average Bonchev–Trinajstić information content (AvgIpc) is 2.91. The van der Waals surface area contributed by atoms with E-state index in [1.807, 2.05) is 11.0 Å². The Kier molecular flexibility index (Phi) is 4.87. The summed E-state index contributed by atoms with van der Waals surface area (Å²) in [6.07, 6.45) is 1.95. The number of rotatable bonds is 1. The van der Waals surface area contributed by atoms with Gasteiger partial charge in [0.2, 0.25) is 5.91 Å². The zero-order valence-corrected chi connectivity index (χ0v) is 13.1. The minimum Gasteiger partial charge on any atom is -0.338 e. The Morgan fingerprint density at radius 3 is 3.00 bits per heavy atom. The number of carbonyl (C=O) groups is 1. The molecule has 19 heavy (non-hydrogen) atoms. The van der Waals surface area contributed by atoms with Crippen molar-refractivity contribution in [3.05, 3.63) is 33.8 Å². The van der Waals surface area contributed by atoms with Gasteiger partial charge in [0, 0.05) is 24.1 Å². The molecule has 2 aliphatic heterocycles. The van der Waals surface area contributed by atoms with Gasteiger partial charge in [0.05, 0.1) is 5.92 Å². The summed E-state index contributed by atoms with van der Waals surface area (Å²) in [6.45, 7) is 3.45. The Morgan fingerprint density at radius 2 is 2.26 bits per heavy atom. The summed E-state index contributed by atoms with van der Waals surface area (Å²) in [6, 6.07) is 6.26. The third-order valence-electron chi connectivity index (χ3n) is 3.93. The van der Waals surface area contributed by atoms with Crippen LogP contribution >= 0.6 is 28.3 Å². The van der Waals surface area contributed by atoms with Crippen LogP contribution in [0.5, 0.6) is 0 Å². The molecule has 1 fully saturated rings. The van der Waals surface area contributed by atoms with E-state index in [2.05, 4.69) is 33.4 Å². The minimum atomic E-state index is 0. The Morgan fingerprint density at radius 1 is 1.42 bits per heavy atom. The normalized spacial score (nSPS) is 21.7. The first-order valence-electron chi connectivity index (χ1n) is 6.51. The van der Waals surface area contributed by atoms with Crippen LogP contribution in [-0.4, -0.2) is 30.4 Å². The van der Waals surface area contributed by atoms with Crippen LogP contribution in [0.25, 0.3) is 0 Å². The van der Waals surface area contributed by atoms with Crippen LogP contribution in [0.1, 0.15) is 17.5 Å². The molecular formula is C14H18BrClN2O. The van der Waals surface area contributed by atoms with Crippen molar-refractivity contribution < 1.29 is 4.79 Å². The standard InChI is InChI=1S/C14H17BrN2O.ClH/c15-13-3-1-2-11-9-17(7-5-12(11)13)14(18)10-4-6-16-8-10;/h1-3,10,16H,4-9H2;1H. The summed E-state index contributed by atoms with van der Waals surface area (Å²) in [5.41, 5.74) is 2.65. The Balaban J connectivity index is 0.00000133. The van der Waals surface area contributed by atoms with E-state index in [9.17, 15) is 4.79 Å². The molecule has 0 bridgehead atoms. The zero-order chi connectivity index (χ0) is 12.5. The molecular weight excluding hydrogens is 328 g/mol. The Hall–Kier alpha value is -0.580. The van der Waals surface area contributed by atoms with E-state index in [1.165, 1.54) is 15.6 Å². The number of carbonyl (C=O) groups excluding carboxylic acids is 1. The van der Waals surface area contributed by atoms with Crippen LogP contribution in [0.3, 0.4) is 0 Å². The van der Waals surface area contributed by atoms with Crippen LogP contribution in [0.2, 0.25) is 0 Å². The molecule has 5 heteroatoms. The molecule has 2 heterocycles. The monoisotopic (exact) mass is 344 g/mol. The minimum absolute atomic E-state index is 0. The number of amides is 1. The van der Waals surface area contributed by atoms with Gasteiger partial charge in [-0.3, -0.25) is 4.79 Å². The molecule has 1 unspecified atom stereocenters. The van der Waals surface area contributed by atoms with E-state index >= 15 is 0 Å². The van der Waals surface area contributed by atoms with Gasteiger partial charge in [-0.05, 0) is 36.6 Å². The summed E-state index contributed by atoms with van der Waals surface area (Å²) >= 11 is 3.59. The van der Waals surface area contributed by atoms with Gasteiger partial charge in [0.15, 0.2) is 0 Å². The molecule has 0 aliphatic carbocycles. The maximum Gasteiger partial charge on any atom is 0.227 e. The molecule has 1 aromatic carbocycles. The molecule has 1 aromatic rings. The third kappa shape index (κ3) is 2.96. The highest BCUT2D eigenvalue weighted by Gasteiger charge is 2.29. The third-order valence-corrected chi connectivity index (χ3v) is 4.67. The van der Waals surface area contributed by atoms with Gasteiger partial charge in [-0.15, -0.1) is 12.4 Å². The average molecular weight is 346 g/mol. The van der Waals surface area contributed by atoms with E-state index in [1.54, 1.807) is 0 Å². The van der Waals surface area contributed by atoms with Crippen LogP contribution in [0.15, 0.2) is 22.7 Å². The largest absolute Gasteiger partial charge is 0.338 e. The number of hydrogen-bond acceptors (Lipinski definition) is 2. The summed E-state index contributed by atoms with van der Waals surface area (Å²) in [7, 11) is 0. The highest BCUT2D eigenvalue weighted by Crippen LogP contribution is 2.27. The summed E-state index contributed by atoms with van der Waals surface area (Å²) < 4.78 is 1.18. The zero-order valence-electron chi connectivity index (χ0n) is 10.7. The number of nitrogens with one attached hydrogen (secondary N) is 1. The molecule has 3 rings (SSSR count). The van der Waals surface area contributed by atoms with Crippen molar-refractivity contribution in [1.82, 2.24) is 10.2 Å². The van der Waals surface area contributed by atoms with E-state index in [0.29, 0.717) is 5.91 Å². The first kappa shape index (κ1) is 14.8. The molecule has 1 amide bonds. The fourth-order valence-electron chi connectivity index (χ4n) is 2.87. The quantitative estimate of drug-likeness (QED) is 0.847. The number of benzene rings is 1. The van der Waals surface area contributed by atoms with Crippen molar-refractivity contribution in [2.24, 2.45) is 5.92 Å². The number of nitrogens with zero attached hydrogens (tertiary/aromatic N) is 1. The van der Waals surface area contributed by atoms with E-state index in [0.717, 1.165) is 39.0 Å². The lowest BCUT2D eigenvalue weighted by molar-refractivity contribution is -0.135. The lowest BCUT2D eigenvalue weighted by Crippen LogP contribution is -2.40. The van der Waals surface area contributed by atoms with Gasteiger partial charge in [0.1, 0.15) is 0 Å². The van der Waals surface area contributed by atoms with E-state index in [-0.39, 0.29) is 18.3 Å². The van der Waals surface area contributed by atoms with Gasteiger partial charge in [-0.2, -0.15) is 0 Å². The van der Waals surface area contributed by atoms with Crippen LogP contribution in [-0.2, 0) is 17.8 Å². The molecule has 3 nitrogen and oxygen atoms in total. The molecule has 0 radical (unpaired) electrons. The molecule has 104 valence electrons. The van der Waals surface area contributed by atoms with Gasteiger partial charge in [-0.25, -0.2) is 0 Å². The lowest BCUT2D eigenvalue weighted by Gasteiger charge is -2.31. The maximum absolute atomic E-state index is 12.4. The lowest BCUT2D eigenvalue weighted by atomic mass is 9.98. The molecule has 1 saturated heterocycles. The first-order valence-corrected chi connectivity index (χ1v) is 7.31. The SMILES string of the molecule is Cl.O=C(C1CCNC1)N1CCc2c(Br)cccc2C1. The number of hydrogen-bond donors (Lipinski definition) is 1. The van der Waals surface area contributed by atoms with Crippen molar-refractivity contribution in [3.63, 3.8) is 0 Å². The second-order valence-electron chi connectivity index (χ2n) is 5.08. The van der Waals surface area contributed by atoms with Gasteiger partial charge < -0.3 is 10.2 Å². The highest BCUT2D eigenvalue weighted by molar-refractivity contribution is 9.10. The van der Waals surface area contributed by atoms with E-state index < -0.39 is 0 Å². The Labute approximate surface area is 128 Å². The van der Waals surface area contributed by atoms with Crippen LogP contribution in [0.4, 0.5) is 0 Å². The van der Waals surface area contributed by atoms with Crippen molar-refractivity contribution in [2.45, 2.75) is 19.4 Å². The van der Waals surface area contributed by atoms with Crippen molar-refractivity contribution in [2.75, 3.05) is 19.6 Å². The Bertz CT molecular complexity index is 475. The summed E-state index contributed by atoms with van der Waals surface area (Å²) in [4.78, 5) is 14.4.